The van der Waals surface area contributed by atoms with Gasteiger partial charge in [0.2, 0.25) is 10.0 Å². The molecule has 0 aromatic carbocycles. The first-order valence-corrected chi connectivity index (χ1v) is 10.4. The molecule has 2 fully saturated rings. The van der Waals surface area contributed by atoms with Gasteiger partial charge in [0.1, 0.15) is 9.77 Å². The highest BCUT2D eigenvalue weighted by molar-refractivity contribution is 7.89. The van der Waals surface area contributed by atoms with E-state index in [4.69, 9.17) is 4.74 Å². The average molecular weight is 388 g/mol. The molecule has 10 heteroatoms. The molecule has 0 spiro atoms. The van der Waals surface area contributed by atoms with Gasteiger partial charge in [-0.1, -0.05) is 0 Å². The summed E-state index contributed by atoms with van der Waals surface area (Å²) >= 11 is 1.08. The second-order valence-corrected chi connectivity index (χ2v) is 8.88. The molecule has 1 amide bonds. The molecule has 3 rings (SSSR count). The summed E-state index contributed by atoms with van der Waals surface area (Å²) in [6, 6.07) is 1.45. The van der Waals surface area contributed by atoms with E-state index < -0.39 is 27.8 Å². The Morgan fingerprint density at radius 3 is 2.64 bits per heavy atom. The van der Waals surface area contributed by atoms with Gasteiger partial charge in [-0.3, -0.25) is 9.59 Å². The second-order valence-electron chi connectivity index (χ2n) is 6.06. The van der Waals surface area contributed by atoms with Crippen LogP contribution in [-0.2, 0) is 19.6 Å². The predicted molar refractivity (Wildman–Crippen MR) is 90.2 cm³/mol. The van der Waals surface area contributed by atoms with Gasteiger partial charge in [0.15, 0.2) is 0 Å². The number of rotatable bonds is 4. The Morgan fingerprint density at radius 2 is 1.96 bits per heavy atom. The summed E-state index contributed by atoms with van der Waals surface area (Å²) in [5, 5.41) is 10.8. The van der Waals surface area contributed by atoms with Crippen molar-refractivity contribution in [3.63, 3.8) is 0 Å². The van der Waals surface area contributed by atoms with E-state index in [-0.39, 0.29) is 29.4 Å². The largest absolute Gasteiger partial charge is 0.481 e. The number of amides is 1. The normalized spacial score (nSPS) is 22.7. The lowest BCUT2D eigenvalue weighted by Crippen LogP contribution is -2.43. The van der Waals surface area contributed by atoms with Crippen LogP contribution in [0.2, 0.25) is 0 Å². The maximum atomic E-state index is 12.8. The van der Waals surface area contributed by atoms with Crippen LogP contribution in [0.25, 0.3) is 0 Å². The second kappa shape index (κ2) is 7.40. The molecule has 138 valence electrons. The average Bonchev–Trinajstić information content (AvgIpc) is 3.12. The zero-order valence-corrected chi connectivity index (χ0v) is 15.2. The van der Waals surface area contributed by atoms with Crippen molar-refractivity contribution in [2.24, 2.45) is 5.92 Å². The molecule has 1 atom stereocenters. The van der Waals surface area contributed by atoms with Crippen LogP contribution in [0.15, 0.2) is 16.3 Å². The maximum Gasteiger partial charge on any atom is 0.308 e. The van der Waals surface area contributed by atoms with Crippen LogP contribution in [0.1, 0.15) is 22.5 Å². The Hall–Kier alpha value is -1.49. The number of nitrogens with zero attached hydrogens (tertiary/aromatic N) is 2. The number of aliphatic carboxylic acids is 1. The van der Waals surface area contributed by atoms with Crippen LogP contribution in [0.5, 0.6) is 0 Å². The summed E-state index contributed by atoms with van der Waals surface area (Å²) in [4.78, 5) is 25.6. The van der Waals surface area contributed by atoms with Gasteiger partial charge in [0.05, 0.1) is 19.1 Å². The van der Waals surface area contributed by atoms with Crippen LogP contribution >= 0.6 is 11.3 Å². The van der Waals surface area contributed by atoms with Crippen LogP contribution in [0.4, 0.5) is 0 Å². The Labute approximate surface area is 150 Å². The summed E-state index contributed by atoms with van der Waals surface area (Å²) in [5.74, 6) is -1.94. The minimum Gasteiger partial charge on any atom is -0.481 e. The number of carboxylic acid groups (broad SMARTS) is 1. The highest BCUT2D eigenvalue weighted by atomic mass is 32.2. The van der Waals surface area contributed by atoms with E-state index in [9.17, 15) is 23.1 Å². The van der Waals surface area contributed by atoms with Crippen molar-refractivity contribution in [3.05, 3.63) is 16.3 Å². The zero-order chi connectivity index (χ0) is 18.0. The zero-order valence-electron chi connectivity index (χ0n) is 13.6. The Kier molecular flexibility index (Phi) is 5.42. The molecule has 2 aliphatic rings. The van der Waals surface area contributed by atoms with Gasteiger partial charge >= 0.3 is 5.97 Å². The summed E-state index contributed by atoms with van der Waals surface area (Å²) in [7, 11) is -3.76. The van der Waals surface area contributed by atoms with Gasteiger partial charge < -0.3 is 14.7 Å². The lowest BCUT2D eigenvalue weighted by molar-refractivity contribution is -0.143. The van der Waals surface area contributed by atoms with Crippen molar-refractivity contribution in [2.75, 3.05) is 39.4 Å². The number of hydrogen-bond acceptors (Lipinski definition) is 6. The van der Waals surface area contributed by atoms with Gasteiger partial charge in [0.25, 0.3) is 5.91 Å². The van der Waals surface area contributed by atoms with Crippen molar-refractivity contribution in [2.45, 2.75) is 17.7 Å². The molecule has 1 aromatic rings. The van der Waals surface area contributed by atoms with Crippen molar-refractivity contribution >= 4 is 33.2 Å². The summed E-state index contributed by atoms with van der Waals surface area (Å²) in [5.41, 5.74) is 0. The molecule has 1 N–H and O–H groups in total. The monoisotopic (exact) mass is 388 g/mol. The first-order valence-electron chi connectivity index (χ1n) is 8.08. The fraction of sp³-hybridized carbons (Fsp3) is 0.600. The Balaban J connectivity index is 1.83. The number of carboxylic acids is 1. The van der Waals surface area contributed by atoms with Gasteiger partial charge in [-0.25, -0.2) is 8.42 Å². The number of carbonyl (C=O) groups excluding carboxylic acids is 1. The first kappa shape index (κ1) is 18.3. The standard InChI is InChI=1S/C15H20N2O6S2/c18-14(16-4-1-2-11(10-16)15(19)20)13-12(3-9-24-13)25(21,22)17-5-7-23-8-6-17/h3,9,11H,1-2,4-8,10H2,(H,19,20)/t11-/m0/s1. The number of morpholine rings is 1. The van der Waals surface area contributed by atoms with Crippen LogP contribution < -0.4 is 0 Å². The highest BCUT2D eigenvalue weighted by Crippen LogP contribution is 2.28. The van der Waals surface area contributed by atoms with E-state index in [2.05, 4.69) is 0 Å². The number of likely N-dealkylation sites (tertiary alicyclic amines) is 1. The predicted octanol–water partition coefficient (Wildman–Crippen LogP) is 0.706. The van der Waals surface area contributed by atoms with Crippen LogP contribution in [0.3, 0.4) is 0 Å². The van der Waals surface area contributed by atoms with E-state index in [1.54, 1.807) is 5.38 Å². The fourth-order valence-corrected chi connectivity index (χ4v) is 5.86. The fourth-order valence-electron chi connectivity index (χ4n) is 3.09. The smallest absolute Gasteiger partial charge is 0.308 e. The van der Waals surface area contributed by atoms with Crippen molar-refractivity contribution in [1.29, 1.82) is 0 Å². The van der Waals surface area contributed by atoms with E-state index in [1.165, 1.54) is 15.3 Å². The van der Waals surface area contributed by atoms with Gasteiger partial charge in [-0.15, -0.1) is 11.3 Å². The Bertz CT molecular complexity index is 754. The molecule has 0 saturated carbocycles. The molecule has 0 radical (unpaired) electrons. The molecule has 0 aliphatic carbocycles. The summed E-state index contributed by atoms with van der Waals surface area (Å²) in [6.45, 7) is 1.74. The molecule has 8 nitrogen and oxygen atoms in total. The number of ether oxygens (including phenoxy) is 1. The number of piperidine rings is 1. The minimum absolute atomic E-state index is 0.00171. The molecule has 25 heavy (non-hydrogen) atoms. The molecule has 2 saturated heterocycles. The third-order valence-corrected chi connectivity index (χ3v) is 7.44. The first-order chi connectivity index (χ1) is 11.9. The minimum atomic E-state index is -3.76. The van der Waals surface area contributed by atoms with Crippen molar-refractivity contribution < 1.29 is 27.9 Å². The Morgan fingerprint density at radius 1 is 1.24 bits per heavy atom. The molecular weight excluding hydrogens is 368 g/mol. The van der Waals surface area contributed by atoms with E-state index >= 15 is 0 Å². The number of sulfonamides is 1. The van der Waals surface area contributed by atoms with E-state index in [0.717, 1.165) is 11.3 Å². The van der Waals surface area contributed by atoms with E-state index in [1.807, 2.05) is 0 Å². The molecular formula is C15H20N2O6S2. The SMILES string of the molecule is O=C(O)[C@H]1CCCN(C(=O)c2sccc2S(=O)(=O)N2CCOCC2)C1. The molecule has 1 aromatic heterocycles. The van der Waals surface area contributed by atoms with Crippen LogP contribution in [0, 0.1) is 5.92 Å². The maximum absolute atomic E-state index is 12.8. The number of hydrogen-bond donors (Lipinski definition) is 1. The van der Waals surface area contributed by atoms with Gasteiger partial charge in [-0.05, 0) is 24.3 Å². The third-order valence-electron chi connectivity index (χ3n) is 4.47. The lowest BCUT2D eigenvalue weighted by atomic mass is 9.98. The number of thiophene rings is 1. The highest BCUT2D eigenvalue weighted by Gasteiger charge is 2.35. The topological polar surface area (TPSA) is 104 Å². The van der Waals surface area contributed by atoms with Crippen molar-refractivity contribution in [3.8, 4) is 0 Å². The lowest BCUT2D eigenvalue weighted by Gasteiger charge is -2.31. The van der Waals surface area contributed by atoms with Gasteiger partial charge in [0, 0.05) is 26.2 Å². The third kappa shape index (κ3) is 3.71. The van der Waals surface area contributed by atoms with Gasteiger partial charge in [-0.2, -0.15) is 4.31 Å². The van der Waals surface area contributed by atoms with E-state index in [0.29, 0.717) is 32.6 Å². The van der Waals surface area contributed by atoms with Crippen molar-refractivity contribution in [1.82, 2.24) is 9.21 Å². The molecule has 3 heterocycles. The molecule has 2 aliphatic heterocycles. The molecule has 0 bridgehead atoms. The summed E-state index contributed by atoms with van der Waals surface area (Å²) in [6.07, 6.45) is 1.13. The number of carbonyl (C=O) groups is 2. The van der Waals surface area contributed by atoms with Crippen LogP contribution in [-0.4, -0.2) is 74.0 Å². The quantitative estimate of drug-likeness (QED) is 0.814. The molecule has 0 unspecified atom stereocenters. The summed E-state index contributed by atoms with van der Waals surface area (Å²) < 4.78 is 32.2.